The van der Waals surface area contributed by atoms with Crippen LogP contribution in [-0.4, -0.2) is 5.91 Å². The molecular weight excluding hydrogens is 443 g/mol. The molecule has 29 heavy (non-hydrogen) atoms. The summed E-state index contributed by atoms with van der Waals surface area (Å²) in [7, 11) is 0. The van der Waals surface area contributed by atoms with Crippen molar-refractivity contribution in [3.8, 4) is 6.07 Å². The Labute approximate surface area is 188 Å². The SMILES string of the molecule is CC(C)(C)[C@H]1CCc2c(sc(NC(=O)c3sc4cccc(Cl)c4c3Cl)c2C#N)C1. The summed E-state index contributed by atoms with van der Waals surface area (Å²) in [5.41, 5.74) is 1.92. The first-order chi connectivity index (χ1) is 13.7. The van der Waals surface area contributed by atoms with Crippen LogP contribution in [0.5, 0.6) is 0 Å². The number of hydrogen-bond donors (Lipinski definition) is 1. The highest BCUT2D eigenvalue weighted by Crippen LogP contribution is 2.45. The minimum absolute atomic E-state index is 0.224. The average Bonchev–Trinajstić information content (AvgIpc) is 3.18. The van der Waals surface area contributed by atoms with E-state index in [0.717, 1.165) is 29.5 Å². The Morgan fingerprint density at radius 3 is 2.69 bits per heavy atom. The predicted molar refractivity (Wildman–Crippen MR) is 124 cm³/mol. The van der Waals surface area contributed by atoms with Gasteiger partial charge in [0.1, 0.15) is 15.9 Å². The van der Waals surface area contributed by atoms with Crippen molar-refractivity contribution in [2.45, 2.75) is 40.0 Å². The quantitative estimate of drug-likeness (QED) is 0.427. The van der Waals surface area contributed by atoms with Gasteiger partial charge in [0.2, 0.25) is 0 Å². The standard InChI is InChI=1S/C22H20Cl2N2OS2/c1-22(2,3)11-7-8-12-13(10-25)21(29-16(12)9-11)26-20(27)19-18(24)17-14(23)5-4-6-15(17)28-19/h4-6,11H,7-9H2,1-3H3,(H,26,27)/t11-/m0/s1. The lowest BCUT2D eigenvalue weighted by molar-refractivity contribution is 0.103. The van der Waals surface area contributed by atoms with Gasteiger partial charge < -0.3 is 5.32 Å². The van der Waals surface area contributed by atoms with Crippen LogP contribution in [0.15, 0.2) is 18.2 Å². The predicted octanol–water partition coefficient (Wildman–Crippen LogP) is 7.54. The van der Waals surface area contributed by atoms with Crippen LogP contribution in [0.1, 0.15) is 52.9 Å². The molecule has 2 aromatic heterocycles. The zero-order chi connectivity index (χ0) is 20.9. The fraction of sp³-hybridized carbons (Fsp3) is 0.364. The Bertz CT molecular complexity index is 1160. The van der Waals surface area contributed by atoms with Crippen LogP contribution in [0.25, 0.3) is 10.1 Å². The number of nitrogens with one attached hydrogen (secondary N) is 1. The summed E-state index contributed by atoms with van der Waals surface area (Å²) in [4.78, 5) is 14.6. The van der Waals surface area contributed by atoms with E-state index in [9.17, 15) is 10.1 Å². The van der Waals surface area contributed by atoms with E-state index in [4.69, 9.17) is 23.2 Å². The molecule has 7 heteroatoms. The molecule has 0 bridgehead atoms. The number of rotatable bonds is 2. The van der Waals surface area contributed by atoms with Gasteiger partial charge >= 0.3 is 0 Å². The number of thiophene rings is 2. The van der Waals surface area contributed by atoms with Gasteiger partial charge in [-0.3, -0.25) is 4.79 Å². The van der Waals surface area contributed by atoms with E-state index < -0.39 is 0 Å². The number of fused-ring (bicyclic) bond motifs is 2. The van der Waals surface area contributed by atoms with E-state index in [1.54, 1.807) is 6.07 Å². The number of amides is 1. The topological polar surface area (TPSA) is 52.9 Å². The molecule has 0 unspecified atom stereocenters. The van der Waals surface area contributed by atoms with Crippen molar-refractivity contribution in [3.63, 3.8) is 0 Å². The molecule has 1 aliphatic rings. The van der Waals surface area contributed by atoms with Crippen molar-refractivity contribution in [1.82, 2.24) is 0 Å². The molecule has 1 aromatic carbocycles. The second kappa shape index (κ2) is 7.59. The van der Waals surface area contributed by atoms with Crippen molar-refractivity contribution < 1.29 is 4.79 Å². The number of carbonyl (C=O) groups excluding carboxylic acids is 1. The molecule has 3 aromatic rings. The summed E-state index contributed by atoms with van der Waals surface area (Å²) >= 11 is 15.6. The molecule has 150 valence electrons. The fourth-order valence-electron chi connectivity index (χ4n) is 3.91. The molecule has 0 saturated heterocycles. The minimum atomic E-state index is -0.297. The highest BCUT2D eigenvalue weighted by atomic mass is 35.5. The van der Waals surface area contributed by atoms with Crippen molar-refractivity contribution >= 4 is 66.9 Å². The minimum Gasteiger partial charge on any atom is -0.312 e. The highest BCUT2D eigenvalue weighted by Gasteiger charge is 2.32. The van der Waals surface area contributed by atoms with E-state index in [0.29, 0.717) is 36.8 Å². The number of nitriles is 1. The largest absolute Gasteiger partial charge is 0.312 e. The molecule has 1 amide bonds. The lowest BCUT2D eigenvalue weighted by Crippen LogP contribution is -2.26. The van der Waals surface area contributed by atoms with Gasteiger partial charge in [-0.2, -0.15) is 5.26 Å². The van der Waals surface area contributed by atoms with Gasteiger partial charge in [0.15, 0.2) is 0 Å². The summed E-state index contributed by atoms with van der Waals surface area (Å²) in [6.45, 7) is 6.79. The maximum atomic E-state index is 13.0. The Morgan fingerprint density at radius 1 is 1.28 bits per heavy atom. The molecular formula is C22H20Cl2N2OS2. The average molecular weight is 463 g/mol. The van der Waals surface area contributed by atoms with Gasteiger partial charge in [-0.05, 0) is 48.3 Å². The molecule has 2 heterocycles. The van der Waals surface area contributed by atoms with Crippen molar-refractivity contribution in [3.05, 3.63) is 49.1 Å². The van der Waals surface area contributed by atoms with Crippen LogP contribution >= 0.6 is 45.9 Å². The number of hydrogen-bond acceptors (Lipinski definition) is 4. The Balaban J connectivity index is 1.67. The smallest absolute Gasteiger partial charge is 0.267 e. The van der Waals surface area contributed by atoms with Gasteiger partial charge in [-0.1, -0.05) is 50.0 Å². The normalized spacial score (nSPS) is 16.5. The summed E-state index contributed by atoms with van der Waals surface area (Å²) < 4.78 is 0.867. The second-order valence-electron chi connectivity index (χ2n) is 8.44. The Kier molecular flexibility index (Phi) is 5.41. The van der Waals surface area contributed by atoms with Crippen LogP contribution in [0.2, 0.25) is 10.0 Å². The van der Waals surface area contributed by atoms with Crippen molar-refractivity contribution in [2.24, 2.45) is 11.3 Å². The monoisotopic (exact) mass is 462 g/mol. The third kappa shape index (κ3) is 3.68. The van der Waals surface area contributed by atoms with Crippen LogP contribution < -0.4 is 5.32 Å². The Hall–Kier alpha value is -1.58. The molecule has 0 spiro atoms. The first-order valence-electron chi connectivity index (χ1n) is 9.43. The van der Waals surface area contributed by atoms with Crippen LogP contribution in [-0.2, 0) is 12.8 Å². The molecule has 0 radical (unpaired) electrons. The number of anilines is 1. The van der Waals surface area contributed by atoms with Crippen LogP contribution in [0, 0.1) is 22.7 Å². The Morgan fingerprint density at radius 2 is 2.03 bits per heavy atom. The third-order valence-electron chi connectivity index (χ3n) is 5.64. The van der Waals surface area contributed by atoms with E-state index >= 15 is 0 Å². The van der Waals surface area contributed by atoms with Gasteiger partial charge in [0, 0.05) is 15.0 Å². The lowest BCUT2D eigenvalue weighted by atomic mass is 9.72. The molecule has 0 saturated carbocycles. The third-order valence-corrected chi connectivity index (χ3v) is 8.77. The van der Waals surface area contributed by atoms with E-state index in [-0.39, 0.29) is 11.3 Å². The summed E-state index contributed by atoms with van der Waals surface area (Å²) in [5, 5.41) is 14.9. The van der Waals surface area contributed by atoms with Gasteiger partial charge in [-0.25, -0.2) is 0 Å². The fourth-order valence-corrected chi connectivity index (χ4v) is 7.03. The number of benzene rings is 1. The van der Waals surface area contributed by atoms with E-state index in [1.807, 2.05) is 12.1 Å². The lowest BCUT2D eigenvalue weighted by Gasteiger charge is -2.33. The van der Waals surface area contributed by atoms with Gasteiger partial charge in [-0.15, -0.1) is 22.7 Å². The maximum Gasteiger partial charge on any atom is 0.267 e. The van der Waals surface area contributed by atoms with E-state index in [1.165, 1.54) is 27.6 Å². The van der Waals surface area contributed by atoms with E-state index in [2.05, 4.69) is 32.2 Å². The first-order valence-corrected chi connectivity index (χ1v) is 11.8. The van der Waals surface area contributed by atoms with Gasteiger partial charge in [0.25, 0.3) is 5.91 Å². The number of halogens is 2. The molecule has 1 atom stereocenters. The zero-order valence-corrected chi connectivity index (χ0v) is 19.5. The highest BCUT2D eigenvalue weighted by molar-refractivity contribution is 7.22. The number of carbonyl (C=O) groups is 1. The molecule has 1 aliphatic carbocycles. The maximum absolute atomic E-state index is 13.0. The van der Waals surface area contributed by atoms with Crippen LogP contribution in [0.4, 0.5) is 5.00 Å². The zero-order valence-electron chi connectivity index (χ0n) is 16.4. The molecule has 1 N–H and O–H groups in total. The second-order valence-corrected chi connectivity index (χ2v) is 11.4. The molecule has 3 nitrogen and oxygen atoms in total. The summed E-state index contributed by atoms with van der Waals surface area (Å²) in [6, 6.07) is 7.80. The first kappa shape index (κ1) is 20.7. The molecule has 0 fully saturated rings. The summed E-state index contributed by atoms with van der Waals surface area (Å²) in [5.74, 6) is 0.276. The molecule has 4 rings (SSSR count). The summed E-state index contributed by atoms with van der Waals surface area (Å²) in [6.07, 6.45) is 2.90. The van der Waals surface area contributed by atoms with Crippen LogP contribution in [0.3, 0.4) is 0 Å². The van der Waals surface area contributed by atoms with Crippen molar-refractivity contribution in [1.29, 1.82) is 5.26 Å². The van der Waals surface area contributed by atoms with Crippen molar-refractivity contribution in [2.75, 3.05) is 5.32 Å². The van der Waals surface area contributed by atoms with Gasteiger partial charge in [0.05, 0.1) is 15.6 Å². The number of nitrogens with zero attached hydrogens (tertiary/aromatic N) is 1. The molecule has 0 aliphatic heterocycles.